The standard InChI is InChI=1S/C17H22N4O/c18-14-3-1-2-13-16(14)15(19)10-21(17(13)22)9-12-8-20-6-4-11(12)5-7-20/h1-3,11-12,19H,4-10,18H2. The summed E-state index contributed by atoms with van der Waals surface area (Å²) in [6.45, 7) is 4.69. The summed E-state index contributed by atoms with van der Waals surface area (Å²) in [5, 5.41) is 8.27. The van der Waals surface area contributed by atoms with Crippen LogP contribution >= 0.6 is 0 Å². The molecule has 3 fully saturated rings. The summed E-state index contributed by atoms with van der Waals surface area (Å²) in [5.41, 5.74) is 8.19. The van der Waals surface area contributed by atoms with Gasteiger partial charge in [0.15, 0.2) is 0 Å². The van der Waals surface area contributed by atoms with Gasteiger partial charge in [0.25, 0.3) is 5.91 Å². The number of hydrogen-bond donors (Lipinski definition) is 2. The average Bonchev–Trinajstić information content (AvgIpc) is 2.53. The molecule has 2 bridgehead atoms. The van der Waals surface area contributed by atoms with Crippen molar-refractivity contribution in [2.45, 2.75) is 12.8 Å². The van der Waals surface area contributed by atoms with Crippen LogP contribution in [0, 0.1) is 17.2 Å². The molecule has 0 aliphatic carbocycles. The lowest BCUT2D eigenvalue weighted by molar-refractivity contribution is 0.0297. The number of carbonyl (C=O) groups is 1. The lowest BCUT2D eigenvalue weighted by atomic mass is 9.78. The maximum atomic E-state index is 12.8. The summed E-state index contributed by atoms with van der Waals surface area (Å²) in [6.07, 6.45) is 2.52. The highest BCUT2D eigenvalue weighted by Gasteiger charge is 2.37. The first kappa shape index (κ1) is 13.8. The van der Waals surface area contributed by atoms with Gasteiger partial charge in [0.2, 0.25) is 0 Å². The maximum absolute atomic E-state index is 12.8. The van der Waals surface area contributed by atoms with Gasteiger partial charge in [-0.3, -0.25) is 4.79 Å². The monoisotopic (exact) mass is 298 g/mol. The second kappa shape index (κ2) is 5.09. The van der Waals surface area contributed by atoms with E-state index < -0.39 is 0 Å². The van der Waals surface area contributed by atoms with Crippen LogP contribution in [-0.2, 0) is 0 Å². The number of rotatable bonds is 2. The average molecular weight is 298 g/mol. The Kier molecular flexibility index (Phi) is 3.18. The Labute approximate surface area is 130 Å². The first-order valence-electron chi connectivity index (χ1n) is 8.11. The van der Waals surface area contributed by atoms with Gasteiger partial charge >= 0.3 is 0 Å². The molecular formula is C17H22N4O. The second-order valence-corrected chi connectivity index (χ2v) is 6.83. The fourth-order valence-corrected chi connectivity index (χ4v) is 4.32. The number of anilines is 1. The molecule has 4 aliphatic heterocycles. The quantitative estimate of drug-likeness (QED) is 0.811. The fourth-order valence-electron chi connectivity index (χ4n) is 4.32. The predicted molar refractivity (Wildman–Crippen MR) is 86.2 cm³/mol. The predicted octanol–water partition coefficient (Wildman–Crippen LogP) is 1.43. The number of benzene rings is 1. The molecule has 4 heterocycles. The number of nitrogens with one attached hydrogen (secondary N) is 1. The van der Waals surface area contributed by atoms with Crippen LogP contribution in [0.5, 0.6) is 0 Å². The molecule has 1 aromatic carbocycles. The van der Waals surface area contributed by atoms with E-state index in [4.69, 9.17) is 11.1 Å². The van der Waals surface area contributed by atoms with E-state index in [1.54, 1.807) is 18.2 Å². The Morgan fingerprint density at radius 3 is 2.73 bits per heavy atom. The Morgan fingerprint density at radius 2 is 2.05 bits per heavy atom. The molecule has 0 saturated carbocycles. The highest BCUT2D eigenvalue weighted by Crippen LogP contribution is 2.34. The molecule has 22 heavy (non-hydrogen) atoms. The first-order valence-corrected chi connectivity index (χ1v) is 8.11. The van der Waals surface area contributed by atoms with Crippen molar-refractivity contribution in [3.05, 3.63) is 29.3 Å². The zero-order valence-corrected chi connectivity index (χ0v) is 12.7. The summed E-state index contributed by atoms with van der Waals surface area (Å²) in [4.78, 5) is 17.1. The van der Waals surface area contributed by atoms with Gasteiger partial charge < -0.3 is 20.9 Å². The number of amides is 1. The van der Waals surface area contributed by atoms with Gasteiger partial charge in [-0.05, 0) is 49.9 Å². The van der Waals surface area contributed by atoms with Crippen molar-refractivity contribution < 1.29 is 4.79 Å². The summed E-state index contributed by atoms with van der Waals surface area (Å²) >= 11 is 0. The van der Waals surface area contributed by atoms with E-state index in [0.29, 0.717) is 35.0 Å². The highest BCUT2D eigenvalue weighted by atomic mass is 16.2. The van der Waals surface area contributed by atoms with Crippen LogP contribution < -0.4 is 5.73 Å². The molecule has 1 aromatic rings. The zero-order valence-electron chi connectivity index (χ0n) is 12.7. The van der Waals surface area contributed by atoms with Crippen molar-refractivity contribution in [1.82, 2.24) is 9.80 Å². The van der Waals surface area contributed by atoms with E-state index in [1.165, 1.54) is 25.9 Å². The molecule has 3 saturated heterocycles. The summed E-state index contributed by atoms with van der Waals surface area (Å²) in [5.74, 6) is 1.34. The number of nitrogen functional groups attached to an aromatic ring is 1. The highest BCUT2D eigenvalue weighted by molar-refractivity contribution is 6.17. The van der Waals surface area contributed by atoms with E-state index in [9.17, 15) is 4.79 Å². The number of piperidine rings is 3. The third kappa shape index (κ3) is 2.11. The van der Waals surface area contributed by atoms with E-state index in [1.807, 2.05) is 4.90 Å². The van der Waals surface area contributed by atoms with Gasteiger partial charge in [0.05, 0.1) is 17.8 Å². The lowest BCUT2D eigenvalue weighted by Crippen LogP contribution is -2.53. The molecule has 5 heteroatoms. The molecule has 1 amide bonds. The topological polar surface area (TPSA) is 73.4 Å². The third-order valence-corrected chi connectivity index (χ3v) is 5.51. The summed E-state index contributed by atoms with van der Waals surface area (Å²) < 4.78 is 0. The van der Waals surface area contributed by atoms with Crippen molar-refractivity contribution >= 4 is 17.3 Å². The maximum Gasteiger partial charge on any atom is 0.254 e. The Bertz CT molecular complexity index is 634. The smallest absolute Gasteiger partial charge is 0.254 e. The molecule has 4 aliphatic rings. The van der Waals surface area contributed by atoms with Gasteiger partial charge in [0.1, 0.15) is 0 Å². The van der Waals surface area contributed by atoms with Crippen molar-refractivity contribution in [2.75, 3.05) is 38.5 Å². The van der Waals surface area contributed by atoms with Crippen molar-refractivity contribution in [2.24, 2.45) is 11.8 Å². The van der Waals surface area contributed by atoms with E-state index in [0.717, 1.165) is 19.0 Å². The number of nitrogens with two attached hydrogens (primary N) is 1. The number of fused-ring (bicyclic) bond motifs is 4. The number of carbonyl (C=O) groups excluding carboxylic acids is 1. The van der Waals surface area contributed by atoms with Crippen molar-refractivity contribution in [3.63, 3.8) is 0 Å². The minimum atomic E-state index is 0.0368. The summed E-state index contributed by atoms with van der Waals surface area (Å²) in [6, 6.07) is 5.37. The Hall–Kier alpha value is -1.88. The molecule has 0 aromatic heterocycles. The normalized spacial score (nSPS) is 30.5. The molecule has 5 nitrogen and oxygen atoms in total. The van der Waals surface area contributed by atoms with Gasteiger partial charge in [-0.25, -0.2) is 0 Å². The fraction of sp³-hybridized carbons (Fsp3) is 0.529. The van der Waals surface area contributed by atoms with Crippen molar-refractivity contribution in [3.8, 4) is 0 Å². The van der Waals surface area contributed by atoms with Crippen LogP contribution in [-0.4, -0.2) is 54.1 Å². The lowest BCUT2D eigenvalue weighted by Gasteiger charge is -2.46. The zero-order chi connectivity index (χ0) is 15.3. The molecule has 0 radical (unpaired) electrons. The second-order valence-electron chi connectivity index (χ2n) is 6.83. The number of hydrogen-bond acceptors (Lipinski definition) is 4. The number of nitrogens with zero attached hydrogens (tertiary/aromatic N) is 2. The van der Waals surface area contributed by atoms with Crippen molar-refractivity contribution in [1.29, 1.82) is 5.41 Å². The van der Waals surface area contributed by atoms with Crippen LogP contribution in [0.3, 0.4) is 0 Å². The van der Waals surface area contributed by atoms with Crippen LogP contribution in [0.25, 0.3) is 0 Å². The van der Waals surface area contributed by atoms with E-state index in [2.05, 4.69) is 4.90 Å². The SMILES string of the molecule is N=C1CN(CC2CN3CCC2CC3)C(=O)c2cccc(N)c21. The molecular weight excluding hydrogens is 276 g/mol. The van der Waals surface area contributed by atoms with Gasteiger partial charge in [-0.15, -0.1) is 0 Å². The third-order valence-electron chi connectivity index (χ3n) is 5.51. The van der Waals surface area contributed by atoms with Crippen LogP contribution in [0.15, 0.2) is 18.2 Å². The Balaban J connectivity index is 1.57. The summed E-state index contributed by atoms with van der Waals surface area (Å²) in [7, 11) is 0. The Morgan fingerprint density at radius 1 is 1.27 bits per heavy atom. The molecule has 1 atom stereocenters. The van der Waals surface area contributed by atoms with Crippen LogP contribution in [0.4, 0.5) is 5.69 Å². The molecule has 5 rings (SSSR count). The van der Waals surface area contributed by atoms with Gasteiger partial charge in [0, 0.05) is 24.3 Å². The molecule has 0 spiro atoms. The first-order chi connectivity index (χ1) is 10.6. The molecule has 1 unspecified atom stereocenters. The minimum Gasteiger partial charge on any atom is -0.398 e. The minimum absolute atomic E-state index is 0.0368. The van der Waals surface area contributed by atoms with Gasteiger partial charge in [-0.2, -0.15) is 0 Å². The van der Waals surface area contributed by atoms with Crippen LogP contribution in [0.2, 0.25) is 0 Å². The largest absolute Gasteiger partial charge is 0.398 e. The molecule has 3 N–H and O–H groups in total. The van der Waals surface area contributed by atoms with Gasteiger partial charge in [-0.1, -0.05) is 6.07 Å². The van der Waals surface area contributed by atoms with E-state index >= 15 is 0 Å². The van der Waals surface area contributed by atoms with E-state index in [-0.39, 0.29) is 5.91 Å². The van der Waals surface area contributed by atoms with Crippen LogP contribution in [0.1, 0.15) is 28.8 Å². The molecule has 116 valence electrons.